The third-order valence-corrected chi connectivity index (χ3v) is 2.21. The minimum Gasteiger partial charge on any atom is -0.100 e. The molecule has 0 heteroatoms. The number of allylic oxidation sites excluding steroid dienone is 1. The second-order valence-electron chi connectivity index (χ2n) is 4.05. The first-order valence-corrected chi connectivity index (χ1v) is 5.80. The van der Waals surface area contributed by atoms with Gasteiger partial charge in [0.15, 0.2) is 0 Å². The fourth-order valence-corrected chi connectivity index (χ4v) is 1.25. The van der Waals surface area contributed by atoms with Crippen molar-refractivity contribution in [3.63, 3.8) is 0 Å². The van der Waals surface area contributed by atoms with Crippen molar-refractivity contribution in [2.24, 2.45) is 0 Å². The summed E-state index contributed by atoms with van der Waals surface area (Å²) in [6.07, 6.45) is 3.55. The summed E-state index contributed by atoms with van der Waals surface area (Å²) in [6.45, 7) is 12.2. The SMILES string of the molecule is C=C(C)CCC.CCc1ccc(C)cc1. The summed E-state index contributed by atoms with van der Waals surface area (Å²) in [5, 5.41) is 0. The van der Waals surface area contributed by atoms with E-state index >= 15 is 0 Å². The number of hydrogen-bond donors (Lipinski definition) is 0. The van der Waals surface area contributed by atoms with Crippen molar-refractivity contribution in [1.82, 2.24) is 0 Å². The average molecular weight is 204 g/mol. The van der Waals surface area contributed by atoms with Crippen molar-refractivity contribution in [3.05, 3.63) is 47.5 Å². The molecule has 0 N–H and O–H groups in total. The predicted molar refractivity (Wildman–Crippen MR) is 70.3 cm³/mol. The van der Waals surface area contributed by atoms with Gasteiger partial charge in [0.1, 0.15) is 0 Å². The molecule has 1 aromatic rings. The van der Waals surface area contributed by atoms with Gasteiger partial charge in [-0.25, -0.2) is 0 Å². The largest absolute Gasteiger partial charge is 0.100 e. The summed E-state index contributed by atoms with van der Waals surface area (Å²) < 4.78 is 0. The lowest BCUT2D eigenvalue weighted by molar-refractivity contribution is 0.910. The van der Waals surface area contributed by atoms with Gasteiger partial charge in [-0.2, -0.15) is 0 Å². The van der Waals surface area contributed by atoms with E-state index in [2.05, 4.69) is 58.5 Å². The van der Waals surface area contributed by atoms with Crippen LogP contribution in [0, 0.1) is 6.92 Å². The zero-order valence-electron chi connectivity index (χ0n) is 10.6. The Bertz CT molecular complexity index is 267. The van der Waals surface area contributed by atoms with Gasteiger partial charge in [0.05, 0.1) is 0 Å². The number of benzene rings is 1. The van der Waals surface area contributed by atoms with Crippen molar-refractivity contribution >= 4 is 0 Å². The molecule has 1 aromatic carbocycles. The van der Waals surface area contributed by atoms with Gasteiger partial charge in [-0.15, -0.1) is 6.58 Å². The van der Waals surface area contributed by atoms with Crippen molar-refractivity contribution < 1.29 is 0 Å². The Morgan fingerprint density at radius 2 is 1.67 bits per heavy atom. The molecule has 15 heavy (non-hydrogen) atoms. The van der Waals surface area contributed by atoms with Crippen LogP contribution < -0.4 is 0 Å². The molecule has 0 spiro atoms. The summed E-state index contributed by atoms with van der Waals surface area (Å²) in [4.78, 5) is 0. The van der Waals surface area contributed by atoms with E-state index in [9.17, 15) is 0 Å². The molecule has 0 aliphatic carbocycles. The van der Waals surface area contributed by atoms with Crippen LogP contribution in [-0.2, 0) is 6.42 Å². The minimum atomic E-state index is 1.14. The van der Waals surface area contributed by atoms with Crippen molar-refractivity contribution in [2.75, 3.05) is 0 Å². The summed E-state index contributed by atoms with van der Waals surface area (Å²) in [6, 6.07) is 8.66. The molecular formula is C15H24. The van der Waals surface area contributed by atoms with E-state index in [-0.39, 0.29) is 0 Å². The van der Waals surface area contributed by atoms with Gasteiger partial charge in [-0.3, -0.25) is 0 Å². The molecule has 0 saturated heterocycles. The molecule has 0 aromatic heterocycles. The Morgan fingerprint density at radius 1 is 1.13 bits per heavy atom. The fraction of sp³-hybridized carbons (Fsp3) is 0.467. The maximum atomic E-state index is 3.74. The Morgan fingerprint density at radius 3 is 1.93 bits per heavy atom. The van der Waals surface area contributed by atoms with Crippen LogP contribution in [0.5, 0.6) is 0 Å². The van der Waals surface area contributed by atoms with Crippen LogP contribution in [0.3, 0.4) is 0 Å². The lowest BCUT2D eigenvalue weighted by Gasteiger charge is -1.94. The maximum absolute atomic E-state index is 3.74. The second-order valence-corrected chi connectivity index (χ2v) is 4.05. The molecule has 0 heterocycles. The van der Waals surface area contributed by atoms with E-state index in [0.29, 0.717) is 0 Å². The van der Waals surface area contributed by atoms with Gasteiger partial charge in [-0.1, -0.05) is 55.7 Å². The van der Waals surface area contributed by atoms with Crippen LogP contribution in [0.4, 0.5) is 0 Å². The van der Waals surface area contributed by atoms with E-state index in [1.807, 2.05) is 0 Å². The van der Waals surface area contributed by atoms with Gasteiger partial charge in [0.2, 0.25) is 0 Å². The molecule has 0 radical (unpaired) electrons. The van der Waals surface area contributed by atoms with Gasteiger partial charge in [-0.05, 0) is 32.3 Å². The smallest absolute Gasteiger partial charge is 0.0307 e. The van der Waals surface area contributed by atoms with E-state index in [1.165, 1.54) is 29.5 Å². The highest BCUT2D eigenvalue weighted by Gasteiger charge is 1.84. The zero-order valence-corrected chi connectivity index (χ0v) is 10.6. The number of hydrogen-bond acceptors (Lipinski definition) is 0. The van der Waals surface area contributed by atoms with Crippen LogP contribution in [-0.4, -0.2) is 0 Å². The summed E-state index contributed by atoms with van der Waals surface area (Å²) in [5.74, 6) is 0. The standard InChI is InChI=1S/C9H12.C6H12/c1-3-9-6-4-8(2)5-7-9;1-4-5-6(2)3/h4-7H,3H2,1-2H3;2,4-5H2,1,3H3. The van der Waals surface area contributed by atoms with E-state index in [1.54, 1.807) is 0 Å². The van der Waals surface area contributed by atoms with Crippen molar-refractivity contribution in [3.8, 4) is 0 Å². The predicted octanol–water partition coefficient (Wildman–Crippen LogP) is 4.92. The van der Waals surface area contributed by atoms with Gasteiger partial charge >= 0.3 is 0 Å². The van der Waals surface area contributed by atoms with Crippen LogP contribution in [0.15, 0.2) is 36.4 Å². The first kappa shape index (κ1) is 14.0. The van der Waals surface area contributed by atoms with Crippen LogP contribution in [0.2, 0.25) is 0 Å². The van der Waals surface area contributed by atoms with Crippen LogP contribution >= 0.6 is 0 Å². The Hall–Kier alpha value is -1.04. The number of aryl methyl sites for hydroxylation is 2. The molecule has 0 saturated carbocycles. The van der Waals surface area contributed by atoms with E-state index < -0.39 is 0 Å². The van der Waals surface area contributed by atoms with Crippen molar-refractivity contribution in [2.45, 2.75) is 47.0 Å². The molecule has 0 nitrogen and oxygen atoms in total. The topological polar surface area (TPSA) is 0 Å². The minimum absolute atomic E-state index is 1.14. The van der Waals surface area contributed by atoms with E-state index in [4.69, 9.17) is 0 Å². The molecule has 1 rings (SSSR count). The summed E-state index contributed by atoms with van der Waals surface area (Å²) in [5.41, 5.74) is 4.05. The second kappa shape index (κ2) is 8.28. The Balaban J connectivity index is 0.000000288. The van der Waals surface area contributed by atoms with Crippen LogP contribution in [0.1, 0.15) is 44.7 Å². The molecule has 0 bridgehead atoms. The quantitative estimate of drug-likeness (QED) is 0.613. The molecule has 0 amide bonds. The molecule has 84 valence electrons. The summed E-state index contributed by atoms with van der Waals surface area (Å²) in [7, 11) is 0. The molecule has 0 unspecified atom stereocenters. The third-order valence-electron chi connectivity index (χ3n) is 2.21. The highest BCUT2D eigenvalue weighted by atomic mass is 13.9. The average Bonchev–Trinajstić information content (AvgIpc) is 2.20. The molecule has 0 aliphatic heterocycles. The highest BCUT2D eigenvalue weighted by molar-refractivity contribution is 5.20. The first-order valence-electron chi connectivity index (χ1n) is 5.80. The number of rotatable bonds is 3. The zero-order chi connectivity index (χ0) is 11.7. The fourth-order valence-electron chi connectivity index (χ4n) is 1.25. The Labute approximate surface area is 95.0 Å². The maximum Gasteiger partial charge on any atom is -0.0307 e. The van der Waals surface area contributed by atoms with E-state index in [0.717, 1.165) is 6.42 Å². The molecular weight excluding hydrogens is 180 g/mol. The molecule has 0 aliphatic rings. The lowest BCUT2D eigenvalue weighted by Crippen LogP contribution is -1.77. The van der Waals surface area contributed by atoms with Crippen molar-refractivity contribution in [1.29, 1.82) is 0 Å². The summed E-state index contributed by atoms with van der Waals surface area (Å²) >= 11 is 0. The lowest BCUT2D eigenvalue weighted by atomic mass is 10.1. The van der Waals surface area contributed by atoms with Crippen LogP contribution in [0.25, 0.3) is 0 Å². The first-order chi connectivity index (χ1) is 7.10. The normalized spacial score (nSPS) is 9.07. The van der Waals surface area contributed by atoms with Gasteiger partial charge < -0.3 is 0 Å². The van der Waals surface area contributed by atoms with Gasteiger partial charge in [0.25, 0.3) is 0 Å². The third kappa shape index (κ3) is 7.99. The highest BCUT2D eigenvalue weighted by Crippen LogP contribution is 2.02. The molecule has 0 atom stereocenters. The Kier molecular flexibility index (Phi) is 7.71. The molecule has 0 fully saturated rings. The monoisotopic (exact) mass is 204 g/mol. The van der Waals surface area contributed by atoms with Gasteiger partial charge in [0, 0.05) is 0 Å².